The summed E-state index contributed by atoms with van der Waals surface area (Å²) in [5, 5.41) is 2.80. The smallest absolute Gasteiger partial charge is 0.466 e. The van der Waals surface area contributed by atoms with Crippen LogP contribution in [0.1, 0.15) is 26.2 Å². The maximum Gasteiger partial charge on any atom is 2.00 e. The number of benzene rings is 2. The van der Waals surface area contributed by atoms with Gasteiger partial charge in [0.2, 0.25) is 0 Å². The molecular weight excluding hydrogens is 383 g/mol. The Bertz CT molecular complexity index is 608. The van der Waals surface area contributed by atoms with Gasteiger partial charge in [0.25, 0.3) is 0 Å². The number of esters is 1. The van der Waals surface area contributed by atoms with Gasteiger partial charge >= 0.3 is 23.0 Å². The molecule has 2 nitrogen and oxygen atoms in total. The van der Waals surface area contributed by atoms with Gasteiger partial charge in [0, 0.05) is 6.92 Å². The fraction of sp³-hybridized carbons (Fsp3) is 0.318. The normalized spacial score (nSPS) is 19.2. The molecule has 0 heterocycles. The first-order valence-electron chi connectivity index (χ1n) is 8.62. The molecule has 1 aliphatic rings. The van der Waals surface area contributed by atoms with Gasteiger partial charge in [0.1, 0.15) is 0 Å². The van der Waals surface area contributed by atoms with Gasteiger partial charge in [-0.3, -0.25) is 4.79 Å². The van der Waals surface area contributed by atoms with Gasteiger partial charge < -0.3 is 18.6 Å². The van der Waals surface area contributed by atoms with Crippen molar-refractivity contribution in [2.45, 2.75) is 31.8 Å². The Kier molecular flexibility index (Phi) is 10.2. The Balaban J connectivity index is 0.00000169. The molecule has 0 aromatic heterocycles. The van der Waals surface area contributed by atoms with Crippen molar-refractivity contribution in [2.75, 3.05) is 6.61 Å². The minimum Gasteiger partial charge on any atom is -0.466 e. The van der Waals surface area contributed by atoms with Crippen molar-refractivity contribution in [3.8, 4) is 0 Å². The summed E-state index contributed by atoms with van der Waals surface area (Å²) in [6.45, 7) is 2.04. The van der Waals surface area contributed by atoms with Gasteiger partial charge in [0.15, 0.2) is 0 Å². The Labute approximate surface area is 170 Å². The van der Waals surface area contributed by atoms with Crippen molar-refractivity contribution in [1.29, 1.82) is 0 Å². The molecule has 26 heavy (non-hydrogen) atoms. The molecule has 1 aliphatic carbocycles. The molecule has 0 radical (unpaired) electrons. The predicted molar refractivity (Wildman–Crippen MR) is 108 cm³/mol. The van der Waals surface area contributed by atoms with E-state index in [1.54, 1.807) is 0 Å². The number of carbonyl (C=O) groups is 1. The average Bonchev–Trinajstić information content (AvgIpc) is 2.63. The quantitative estimate of drug-likeness (QED) is 0.314. The first-order valence-corrected chi connectivity index (χ1v) is 10.0. The monoisotopic (exact) mass is 410 g/mol. The molecular formula is C22H27FeO2P. The summed E-state index contributed by atoms with van der Waals surface area (Å²) in [6.07, 6.45) is 5.95. The van der Waals surface area contributed by atoms with Crippen molar-refractivity contribution in [2.24, 2.45) is 5.92 Å². The SMILES string of the molecule is CC(=O)OCC1CCC[CH-]C1P(c1ccccc1)c1ccccc1.[CH3-].[Fe+2]. The zero-order valence-corrected chi connectivity index (χ0v) is 17.4. The zero-order chi connectivity index (χ0) is 16.8. The summed E-state index contributed by atoms with van der Waals surface area (Å²) < 4.78 is 5.38. The summed E-state index contributed by atoms with van der Waals surface area (Å²) in [6, 6.07) is 21.6. The third-order valence-electron chi connectivity index (χ3n) is 4.54. The van der Waals surface area contributed by atoms with Crippen molar-refractivity contribution in [3.05, 3.63) is 74.5 Å². The van der Waals surface area contributed by atoms with E-state index in [4.69, 9.17) is 4.74 Å². The summed E-state index contributed by atoms with van der Waals surface area (Å²) in [7, 11) is -0.486. The maximum absolute atomic E-state index is 11.3. The van der Waals surface area contributed by atoms with Crippen LogP contribution in [0.15, 0.2) is 60.7 Å². The molecule has 140 valence electrons. The van der Waals surface area contributed by atoms with Crippen molar-refractivity contribution < 1.29 is 26.6 Å². The number of ether oxygens (including phenoxy) is 1. The third kappa shape index (κ3) is 5.95. The minimum absolute atomic E-state index is 0. The Hall–Kier alpha value is -1.14. The van der Waals surface area contributed by atoms with Crippen LogP contribution in [0.3, 0.4) is 0 Å². The topological polar surface area (TPSA) is 26.3 Å². The summed E-state index contributed by atoms with van der Waals surface area (Å²) in [5.74, 6) is 0.234. The molecule has 0 bridgehead atoms. The fourth-order valence-corrected chi connectivity index (χ4v) is 6.41. The van der Waals surface area contributed by atoms with E-state index in [1.165, 1.54) is 24.0 Å². The summed E-state index contributed by atoms with van der Waals surface area (Å²) >= 11 is 0. The predicted octanol–water partition coefficient (Wildman–Crippen LogP) is 4.50. The van der Waals surface area contributed by atoms with Gasteiger partial charge in [0.05, 0.1) is 6.61 Å². The molecule has 0 spiro atoms. The van der Waals surface area contributed by atoms with Crippen LogP contribution in [0.2, 0.25) is 0 Å². The number of carbonyl (C=O) groups excluding carboxylic acids is 1. The van der Waals surface area contributed by atoms with E-state index in [0.29, 0.717) is 18.2 Å². The second-order valence-corrected chi connectivity index (χ2v) is 8.63. The molecule has 1 saturated carbocycles. The van der Waals surface area contributed by atoms with Crippen LogP contribution in [0.4, 0.5) is 0 Å². The van der Waals surface area contributed by atoms with Crippen molar-refractivity contribution >= 4 is 24.5 Å². The molecule has 3 rings (SSSR count). The van der Waals surface area contributed by atoms with E-state index < -0.39 is 7.92 Å². The number of hydrogen-bond donors (Lipinski definition) is 0. The first-order chi connectivity index (χ1) is 11.8. The van der Waals surface area contributed by atoms with Gasteiger partial charge in [-0.15, -0.1) is 5.66 Å². The van der Waals surface area contributed by atoms with E-state index >= 15 is 0 Å². The van der Waals surface area contributed by atoms with Crippen LogP contribution >= 0.6 is 7.92 Å². The third-order valence-corrected chi connectivity index (χ3v) is 7.48. The Morgan fingerprint density at radius 3 is 2.12 bits per heavy atom. The van der Waals surface area contributed by atoms with Crippen molar-refractivity contribution in [3.63, 3.8) is 0 Å². The van der Waals surface area contributed by atoms with Gasteiger partial charge in [-0.05, 0) is 16.5 Å². The van der Waals surface area contributed by atoms with Crippen LogP contribution < -0.4 is 10.6 Å². The maximum atomic E-state index is 11.3. The molecule has 2 aromatic rings. The molecule has 2 unspecified atom stereocenters. The van der Waals surface area contributed by atoms with Crippen LogP contribution in [0, 0.1) is 19.8 Å². The van der Waals surface area contributed by atoms with Gasteiger partial charge in [-0.1, -0.05) is 81.4 Å². The number of rotatable bonds is 5. The molecule has 0 N–H and O–H groups in total. The average molecular weight is 410 g/mol. The second-order valence-electron chi connectivity index (χ2n) is 6.26. The molecule has 0 aliphatic heterocycles. The largest absolute Gasteiger partial charge is 2.00 e. The van der Waals surface area contributed by atoms with E-state index in [1.807, 2.05) is 0 Å². The fourth-order valence-electron chi connectivity index (χ4n) is 3.42. The molecule has 0 saturated heterocycles. The summed E-state index contributed by atoms with van der Waals surface area (Å²) in [4.78, 5) is 11.3. The molecule has 0 amide bonds. The Morgan fingerprint density at radius 2 is 1.62 bits per heavy atom. The molecule has 4 heteroatoms. The van der Waals surface area contributed by atoms with Crippen LogP contribution in [-0.4, -0.2) is 18.2 Å². The van der Waals surface area contributed by atoms with Crippen LogP contribution in [-0.2, 0) is 26.6 Å². The van der Waals surface area contributed by atoms with E-state index in [-0.39, 0.29) is 30.5 Å². The van der Waals surface area contributed by atoms with Gasteiger partial charge in [-0.25, -0.2) is 0 Å². The van der Waals surface area contributed by atoms with E-state index in [9.17, 15) is 4.79 Å². The van der Waals surface area contributed by atoms with Gasteiger partial charge in [-0.2, -0.15) is 6.42 Å². The standard InChI is InChI=1S/C21H24O2P.CH3.Fe/c1-17(22)23-16-18-10-8-9-15-21(18)24(19-11-4-2-5-12-19)20-13-6-3-7-14-20;;/h2-7,11-15,18,21H,8-10,16H2,1H3;1H3;/q2*-1;+2. The van der Waals surface area contributed by atoms with E-state index in [2.05, 4.69) is 67.1 Å². The second kappa shape index (κ2) is 11.5. The van der Waals surface area contributed by atoms with Crippen LogP contribution in [0.5, 0.6) is 0 Å². The van der Waals surface area contributed by atoms with Crippen LogP contribution in [0.25, 0.3) is 0 Å². The molecule has 2 aromatic carbocycles. The molecule has 1 fully saturated rings. The Morgan fingerprint density at radius 1 is 1.08 bits per heavy atom. The van der Waals surface area contributed by atoms with Crippen molar-refractivity contribution in [1.82, 2.24) is 0 Å². The summed E-state index contributed by atoms with van der Waals surface area (Å²) in [5.41, 5.74) is 0.456. The molecule has 2 atom stereocenters. The zero-order valence-electron chi connectivity index (χ0n) is 15.5. The van der Waals surface area contributed by atoms with E-state index in [0.717, 1.165) is 12.8 Å². The number of hydrogen-bond acceptors (Lipinski definition) is 2. The first kappa shape index (κ1) is 22.9. The minimum atomic E-state index is -0.486.